The highest BCUT2D eigenvalue weighted by Crippen LogP contribution is 2.34. The Kier molecular flexibility index (Phi) is 3.40. The first-order valence-corrected chi connectivity index (χ1v) is 5.98. The van der Waals surface area contributed by atoms with Crippen molar-refractivity contribution in [2.24, 2.45) is 4.99 Å². The minimum atomic E-state index is 0. The zero-order valence-corrected chi connectivity index (χ0v) is 11.4. The molecule has 0 radical (unpaired) electrons. The highest BCUT2D eigenvalue weighted by Gasteiger charge is 2.26. The van der Waals surface area contributed by atoms with E-state index < -0.39 is 0 Å². The second-order valence-electron chi connectivity index (χ2n) is 3.80. The molecule has 3 rings (SSSR count). The smallest absolute Gasteiger partial charge is 0.168 e. The summed E-state index contributed by atoms with van der Waals surface area (Å²) in [5, 5.41) is 3.36. The molecule has 2 nitrogen and oxygen atoms in total. The largest absolute Gasteiger partial charge is 1.00 e. The molecule has 0 atom stereocenters. The lowest BCUT2D eigenvalue weighted by Gasteiger charge is -2.16. The van der Waals surface area contributed by atoms with E-state index >= 15 is 0 Å². The van der Waals surface area contributed by atoms with Gasteiger partial charge >= 0.3 is 0 Å². The molecule has 0 amide bonds. The molecule has 0 aromatic heterocycles. The Hall–Kier alpha value is -0.740. The number of halogens is 1. The second kappa shape index (κ2) is 4.63. The van der Waals surface area contributed by atoms with Crippen molar-refractivity contribution in [3.05, 3.63) is 40.8 Å². The van der Waals surface area contributed by atoms with Gasteiger partial charge in [0.1, 0.15) is 0 Å². The number of aryl methyl sites for hydroxylation is 1. The minimum absolute atomic E-state index is 0. The van der Waals surface area contributed by atoms with Crippen LogP contribution in [0.15, 0.2) is 34.7 Å². The van der Waals surface area contributed by atoms with Crippen molar-refractivity contribution in [3.8, 4) is 0 Å². The molecule has 0 saturated heterocycles. The highest BCUT2D eigenvalue weighted by molar-refractivity contribution is 8.16. The maximum Gasteiger partial charge on any atom is 0.168 e. The second-order valence-corrected chi connectivity index (χ2v) is 4.64. The van der Waals surface area contributed by atoms with Gasteiger partial charge in [-0.3, -0.25) is 4.99 Å². The van der Waals surface area contributed by atoms with Gasteiger partial charge in [-0.2, -0.15) is 0 Å². The molecular weight excluding hydrogens is 284 g/mol. The van der Waals surface area contributed by atoms with Crippen molar-refractivity contribution in [3.63, 3.8) is 0 Å². The topological polar surface area (TPSA) is 15.6 Å². The van der Waals surface area contributed by atoms with Crippen molar-refractivity contribution in [1.29, 1.82) is 0 Å². The third-order valence-electron chi connectivity index (χ3n) is 2.72. The molecule has 0 N–H and O–H groups in total. The summed E-state index contributed by atoms with van der Waals surface area (Å²) in [4.78, 5) is 6.75. The van der Waals surface area contributed by atoms with Gasteiger partial charge < -0.3 is 21.9 Å². The SMILES string of the molecule is Cc1ccc(C2=CSC3=NCCN23)cc1.[Br-]. The van der Waals surface area contributed by atoms with Crippen molar-refractivity contribution in [1.82, 2.24) is 4.90 Å². The van der Waals surface area contributed by atoms with E-state index in [0.717, 1.165) is 18.3 Å². The third kappa shape index (κ3) is 1.92. The van der Waals surface area contributed by atoms with Gasteiger partial charge in [-0.1, -0.05) is 41.6 Å². The first-order valence-electron chi connectivity index (χ1n) is 5.10. The van der Waals surface area contributed by atoms with E-state index in [-0.39, 0.29) is 17.0 Å². The zero-order chi connectivity index (χ0) is 10.3. The normalized spacial score (nSPS) is 17.7. The molecule has 1 aromatic carbocycles. The third-order valence-corrected chi connectivity index (χ3v) is 3.62. The zero-order valence-electron chi connectivity index (χ0n) is 8.98. The van der Waals surface area contributed by atoms with Gasteiger partial charge in [-0.15, -0.1) is 0 Å². The molecule has 0 bridgehead atoms. The Morgan fingerprint density at radius 3 is 2.75 bits per heavy atom. The van der Waals surface area contributed by atoms with E-state index in [2.05, 4.69) is 46.5 Å². The Morgan fingerprint density at radius 1 is 1.25 bits per heavy atom. The average molecular weight is 296 g/mol. The van der Waals surface area contributed by atoms with Gasteiger partial charge in [0, 0.05) is 12.0 Å². The summed E-state index contributed by atoms with van der Waals surface area (Å²) in [6, 6.07) is 8.68. The molecule has 0 unspecified atom stereocenters. The molecular formula is C12H12BrN2S-. The lowest BCUT2D eigenvalue weighted by molar-refractivity contribution is -0.00000299. The summed E-state index contributed by atoms with van der Waals surface area (Å²) in [7, 11) is 0. The van der Waals surface area contributed by atoms with E-state index in [1.807, 2.05) is 0 Å². The van der Waals surface area contributed by atoms with Gasteiger partial charge in [0.05, 0.1) is 12.2 Å². The molecule has 0 spiro atoms. The van der Waals surface area contributed by atoms with Crippen LogP contribution in [-0.2, 0) is 0 Å². The fraction of sp³-hybridized carbons (Fsp3) is 0.250. The number of hydrogen-bond donors (Lipinski definition) is 0. The minimum Gasteiger partial charge on any atom is -1.00 e. The average Bonchev–Trinajstić information content (AvgIpc) is 2.80. The molecule has 16 heavy (non-hydrogen) atoms. The van der Waals surface area contributed by atoms with Crippen LogP contribution in [-0.4, -0.2) is 23.2 Å². The van der Waals surface area contributed by atoms with Gasteiger partial charge in [0.15, 0.2) is 5.17 Å². The maximum atomic E-state index is 4.44. The molecule has 84 valence electrons. The number of nitrogens with zero attached hydrogens (tertiary/aromatic N) is 2. The highest BCUT2D eigenvalue weighted by atomic mass is 79.9. The predicted octanol–water partition coefficient (Wildman–Crippen LogP) is -0.284. The number of rotatable bonds is 1. The van der Waals surface area contributed by atoms with Gasteiger partial charge in [-0.05, 0) is 12.5 Å². The molecule has 2 aliphatic heterocycles. The van der Waals surface area contributed by atoms with Crippen molar-refractivity contribution in [2.45, 2.75) is 6.92 Å². The summed E-state index contributed by atoms with van der Waals surface area (Å²) in [6.45, 7) is 4.08. The van der Waals surface area contributed by atoms with Gasteiger partial charge in [0.25, 0.3) is 0 Å². The Bertz CT molecular complexity index is 451. The standard InChI is InChI=1S/C12H12N2S.BrH/c1-9-2-4-10(5-3-9)11-8-15-12-13-6-7-14(11)12;/h2-5,8H,6-7H2,1H3;1H/p-1. The van der Waals surface area contributed by atoms with Crippen LogP contribution in [0.5, 0.6) is 0 Å². The van der Waals surface area contributed by atoms with E-state index in [1.54, 1.807) is 11.8 Å². The van der Waals surface area contributed by atoms with Crippen LogP contribution in [0, 0.1) is 6.92 Å². The molecule has 0 fully saturated rings. The van der Waals surface area contributed by atoms with E-state index in [4.69, 9.17) is 0 Å². The number of fused-ring (bicyclic) bond motifs is 1. The molecule has 1 aromatic rings. The molecule has 4 heteroatoms. The van der Waals surface area contributed by atoms with Crippen LogP contribution in [0.2, 0.25) is 0 Å². The number of hydrogen-bond acceptors (Lipinski definition) is 3. The van der Waals surface area contributed by atoms with Gasteiger partial charge in [-0.25, -0.2) is 0 Å². The van der Waals surface area contributed by atoms with Crippen LogP contribution in [0.1, 0.15) is 11.1 Å². The fourth-order valence-corrected chi connectivity index (χ4v) is 2.83. The van der Waals surface area contributed by atoms with E-state index in [0.29, 0.717) is 0 Å². The predicted molar refractivity (Wildman–Crippen MR) is 65.8 cm³/mol. The Morgan fingerprint density at radius 2 is 2.00 bits per heavy atom. The number of amidine groups is 1. The summed E-state index contributed by atoms with van der Waals surface area (Å²) < 4.78 is 0. The quantitative estimate of drug-likeness (QED) is 0.708. The molecule has 0 saturated carbocycles. The summed E-state index contributed by atoms with van der Waals surface area (Å²) >= 11 is 1.73. The van der Waals surface area contributed by atoms with Gasteiger partial charge in [0.2, 0.25) is 0 Å². The Balaban J connectivity index is 0.000000963. The lowest BCUT2D eigenvalue weighted by Crippen LogP contribution is -3.00. The van der Waals surface area contributed by atoms with E-state index in [9.17, 15) is 0 Å². The van der Waals surface area contributed by atoms with Crippen LogP contribution >= 0.6 is 11.8 Å². The summed E-state index contributed by atoms with van der Waals surface area (Å²) in [5.74, 6) is 0. The van der Waals surface area contributed by atoms with Crippen LogP contribution < -0.4 is 17.0 Å². The van der Waals surface area contributed by atoms with Crippen LogP contribution in [0.3, 0.4) is 0 Å². The van der Waals surface area contributed by atoms with Crippen molar-refractivity contribution < 1.29 is 17.0 Å². The maximum absolute atomic E-state index is 4.44. The lowest BCUT2D eigenvalue weighted by atomic mass is 10.1. The monoisotopic (exact) mass is 295 g/mol. The first-order chi connectivity index (χ1) is 7.34. The Labute approximate surface area is 110 Å². The van der Waals surface area contributed by atoms with Crippen molar-refractivity contribution in [2.75, 3.05) is 13.1 Å². The number of benzene rings is 1. The molecule has 2 aliphatic rings. The van der Waals surface area contributed by atoms with Crippen molar-refractivity contribution >= 4 is 22.6 Å². The summed E-state index contributed by atoms with van der Waals surface area (Å²) in [6.07, 6.45) is 0. The summed E-state index contributed by atoms with van der Waals surface area (Å²) in [5.41, 5.74) is 3.90. The molecule has 2 heterocycles. The first kappa shape index (κ1) is 11.7. The van der Waals surface area contributed by atoms with E-state index in [1.165, 1.54) is 16.8 Å². The molecule has 0 aliphatic carbocycles. The van der Waals surface area contributed by atoms with Crippen LogP contribution in [0.4, 0.5) is 0 Å². The number of thioether (sulfide) groups is 1. The fourth-order valence-electron chi connectivity index (χ4n) is 1.87. The number of aliphatic imine (C=N–C) groups is 1. The van der Waals surface area contributed by atoms with Crippen LogP contribution in [0.25, 0.3) is 5.70 Å².